The molecule has 0 saturated carbocycles. The van der Waals surface area contributed by atoms with Crippen LogP contribution in [0.3, 0.4) is 0 Å². The molecule has 7 heteroatoms. The first-order chi connectivity index (χ1) is 12.1. The second-order valence-electron chi connectivity index (χ2n) is 6.90. The number of likely N-dealkylation sites (N-methyl/N-ethyl adjacent to an activating group) is 1. The molecule has 0 fully saturated rings. The molecule has 0 atom stereocenters. The summed E-state index contributed by atoms with van der Waals surface area (Å²) in [6, 6.07) is 6.87. The van der Waals surface area contributed by atoms with Gasteiger partial charge in [-0.1, -0.05) is 13.8 Å². The number of anilines is 2. The van der Waals surface area contributed by atoms with Crippen LogP contribution in [-0.2, 0) is 14.4 Å². The van der Waals surface area contributed by atoms with Crippen molar-refractivity contribution in [3.63, 3.8) is 0 Å². The highest BCUT2D eigenvalue weighted by Gasteiger charge is 2.20. The van der Waals surface area contributed by atoms with E-state index in [1.54, 1.807) is 29.2 Å². The second kappa shape index (κ2) is 9.91. The Kier molecular flexibility index (Phi) is 8.25. The number of nitrogens with one attached hydrogen (secondary N) is 3. The molecule has 0 heterocycles. The van der Waals surface area contributed by atoms with Crippen molar-refractivity contribution in [2.75, 3.05) is 30.3 Å². The maximum absolute atomic E-state index is 12.2. The molecule has 3 amide bonds. The fraction of sp³-hybridized carbons (Fsp3) is 0.526. The minimum atomic E-state index is -0.256. The van der Waals surface area contributed by atoms with Crippen molar-refractivity contribution in [3.8, 4) is 0 Å². The number of benzene rings is 1. The van der Waals surface area contributed by atoms with Gasteiger partial charge in [-0.3, -0.25) is 19.3 Å². The normalized spacial score (nSPS) is 11.2. The number of amides is 3. The Bertz CT molecular complexity index is 626. The molecule has 0 aliphatic heterocycles. The molecule has 144 valence electrons. The van der Waals surface area contributed by atoms with Gasteiger partial charge in [0.2, 0.25) is 17.7 Å². The molecule has 0 aliphatic carbocycles. The van der Waals surface area contributed by atoms with Crippen molar-refractivity contribution >= 4 is 29.1 Å². The first-order valence-corrected chi connectivity index (χ1v) is 8.86. The van der Waals surface area contributed by atoms with Crippen LogP contribution in [0.1, 0.15) is 41.0 Å². The van der Waals surface area contributed by atoms with Crippen LogP contribution in [-0.4, -0.2) is 47.8 Å². The zero-order chi connectivity index (χ0) is 19.7. The monoisotopic (exact) mass is 362 g/mol. The van der Waals surface area contributed by atoms with Crippen molar-refractivity contribution in [2.24, 2.45) is 0 Å². The van der Waals surface area contributed by atoms with E-state index in [2.05, 4.69) is 16.0 Å². The van der Waals surface area contributed by atoms with E-state index >= 15 is 0 Å². The predicted molar refractivity (Wildman–Crippen MR) is 104 cm³/mol. The Hall–Kier alpha value is -2.41. The molecular formula is C19H30N4O3. The second-order valence-corrected chi connectivity index (χ2v) is 6.90. The molecule has 0 unspecified atom stereocenters. The third-order valence-electron chi connectivity index (χ3n) is 4.03. The van der Waals surface area contributed by atoms with Gasteiger partial charge < -0.3 is 16.0 Å². The molecule has 1 aromatic rings. The average molecular weight is 362 g/mol. The summed E-state index contributed by atoms with van der Waals surface area (Å²) in [5, 5.41) is 8.43. The van der Waals surface area contributed by atoms with E-state index in [9.17, 15) is 14.4 Å². The molecule has 1 rings (SSSR count). The summed E-state index contributed by atoms with van der Waals surface area (Å²) in [5.41, 5.74) is 1.05. The largest absolute Gasteiger partial charge is 0.350 e. The third-order valence-corrected chi connectivity index (χ3v) is 4.03. The van der Waals surface area contributed by atoms with E-state index in [1.807, 2.05) is 27.7 Å². The summed E-state index contributed by atoms with van der Waals surface area (Å²) < 4.78 is 0. The van der Waals surface area contributed by atoms with E-state index in [0.29, 0.717) is 17.9 Å². The smallest absolute Gasteiger partial charge is 0.238 e. The van der Waals surface area contributed by atoms with Gasteiger partial charge in [-0.25, -0.2) is 0 Å². The van der Waals surface area contributed by atoms with Crippen LogP contribution in [0.5, 0.6) is 0 Å². The van der Waals surface area contributed by atoms with Crippen LogP contribution < -0.4 is 16.0 Å². The van der Waals surface area contributed by atoms with E-state index in [-0.39, 0.29) is 36.3 Å². The molecule has 26 heavy (non-hydrogen) atoms. The SMILES string of the molecule is CCN(CC(=O)Nc1ccc(NC(C)=O)cc1)CC(=O)NC(C)(C)CC. The molecule has 0 bridgehead atoms. The Labute approximate surface area is 155 Å². The van der Waals surface area contributed by atoms with Gasteiger partial charge in [-0.05, 0) is 51.1 Å². The first-order valence-electron chi connectivity index (χ1n) is 8.86. The van der Waals surface area contributed by atoms with Crippen LogP contribution in [0, 0.1) is 0 Å². The van der Waals surface area contributed by atoms with Crippen LogP contribution in [0.15, 0.2) is 24.3 Å². The Morgan fingerprint density at radius 2 is 1.42 bits per heavy atom. The van der Waals surface area contributed by atoms with Crippen molar-refractivity contribution in [3.05, 3.63) is 24.3 Å². The number of carbonyl (C=O) groups excluding carboxylic acids is 3. The van der Waals surface area contributed by atoms with Gasteiger partial charge in [0.1, 0.15) is 0 Å². The fourth-order valence-electron chi connectivity index (χ4n) is 2.23. The first kappa shape index (κ1) is 21.6. The molecule has 0 aromatic heterocycles. The molecule has 0 saturated heterocycles. The molecule has 3 N–H and O–H groups in total. The van der Waals surface area contributed by atoms with Crippen molar-refractivity contribution in [2.45, 2.75) is 46.6 Å². The van der Waals surface area contributed by atoms with Crippen molar-refractivity contribution in [1.29, 1.82) is 0 Å². The Morgan fingerprint density at radius 3 is 1.88 bits per heavy atom. The predicted octanol–water partition coefficient (Wildman–Crippen LogP) is 2.21. The van der Waals surface area contributed by atoms with Gasteiger partial charge in [-0.2, -0.15) is 0 Å². The van der Waals surface area contributed by atoms with Gasteiger partial charge >= 0.3 is 0 Å². The van der Waals surface area contributed by atoms with E-state index < -0.39 is 0 Å². The van der Waals surface area contributed by atoms with E-state index in [0.717, 1.165) is 6.42 Å². The number of carbonyl (C=O) groups is 3. The van der Waals surface area contributed by atoms with Gasteiger partial charge in [0, 0.05) is 23.8 Å². The molecule has 0 radical (unpaired) electrons. The van der Waals surface area contributed by atoms with Gasteiger partial charge in [-0.15, -0.1) is 0 Å². The maximum Gasteiger partial charge on any atom is 0.238 e. The fourth-order valence-corrected chi connectivity index (χ4v) is 2.23. The van der Waals surface area contributed by atoms with Crippen molar-refractivity contribution < 1.29 is 14.4 Å². The highest BCUT2D eigenvalue weighted by Crippen LogP contribution is 2.13. The third kappa shape index (κ3) is 8.11. The van der Waals surface area contributed by atoms with Gasteiger partial charge in [0.15, 0.2) is 0 Å². The van der Waals surface area contributed by atoms with Crippen LogP contribution in [0.2, 0.25) is 0 Å². The van der Waals surface area contributed by atoms with E-state index in [4.69, 9.17) is 0 Å². The summed E-state index contributed by atoms with van der Waals surface area (Å²) in [4.78, 5) is 37.1. The lowest BCUT2D eigenvalue weighted by atomic mass is 10.0. The van der Waals surface area contributed by atoms with Crippen LogP contribution in [0.25, 0.3) is 0 Å². The Morgan fingerprint density at radius 1 is 0.923 bits per heavy atom. The lowest BCUT2D eigenvalue weighted by Crippen LogP contribution is -2.48. The summed E-state index contributed by atoms with van der Waals surface area (Å²) in [5.74, 6) is -0.433. The lowest BCUT2D eigenvalue weighted by molar-refractivity contribution is -0.124. The summed E-state index contributed by atoms with van der Waals surface area (Å²) in [7, 11) is 0. The van der Waals surface area contributed by atoms with Crippen LogP contribution >= 0.6 is 0 Å². The highest BCUT2D eigenvalue weighted by molar-refractivity contribution is 5.93. The lowest BCUT2D eigenvalue weighted by Gasteiger charge is -2.27. The minimum absolute atomic E-state index is 0.0915. The Balaban J connectivity index is 2.53. The molecular weight excluding hydrogens is 332 g/mol. The summed E-state index contributed by atoms with van der Waals surface area (Å²) in [6.45, 7) is 10.2. The molecule has 1 aromatic carbocycles. The van der Waals surface area contributed by atoms with Crippen molar-refractivity contribution in [1.82, 2.24) is 10.2 Å². The van der Waals surface area contributed by atoms with Gasteiger partial charge in [0.05, 0.1) is 13.1 Å². The topological polar surface area (TPSA) is 90.5 Å². The number of hydrogen-bond donors (Lipinski definition) is 3. The standard InChI is InChI=1S/C19H30N4O3/c1-6-19(4,5)22-18(26)13-23(7-2)12-17(25)21-16-10-8-15(9-11-16)20-14(3)24/h8-11H,6-7,12-13H2,1-5H3,(H,20,24)(H,21,25)(H,22,26). The summed E-state index contributed by atoms with van der Waals surface area (Å²) >= 11 is 0. The zero-order valence-corrected chi connectivity index (χ0v) is 16.3. The zero-order valence-electron chi connectivity index (χ0n) is 16.3. The maximum atomic E-state index is 12.2. The summed E-state index contributed by atoms with van der Waals surface area (Å²) in [6.07, 6.45) is 0.833. The molecule has 7 nitrogen and oxygen atoms in total. The molecule has 0 aliphatic rings. The number of nitrogens with zero attached hydrogens (tertiary/aromatic N) is 1. The average Bonchev–Trinajstić information content (AvgIpc) is 2.55. The van der Waals surface area contributed by atoms with Crippen LogP contribution in [0.4, 0.5) is 11.4 Å². The highest BCUT2D eigenvalue weighted by atomic mass is 16.2. The minimum Gasteiger partial charge on any atom is -0.350 e. The quantitative estimate of drug-likeness (QED) is 0.628. The number of hydrogen-bond acceptors (Lipinski definition) is 4. The molecule has 0 spiro atoms. The van der Waals surface area contributed by atoms with Gasteiger partial charge in [0.25, 0.3) is 0 Å². The number of rotatable bonds is 9. The van der Waals surface area contributed by atoms with E-state index in [1.165, 1.54) is 6.92 Å².